The predicted octanol–water partition coefficient (Wildman–Crippen LogP) is 3.12. The summed E-state index contributed by atoms with van der Waals surface area (Å²) in [6, 6.07) is 11.0. The van der Waals surface area contributed by atoms with Crippen molar-refractivity contribution in [1.82, 2.24) is 10.3 Å². The van der Waals surface area contributed by atoms with Crippen LogP contribution in [0.15, 0.2) is 48.8 Å². The minimum absolute atomic E-state index is 0.0748. The van der Waals surface area contributed by atoms with Crippen LogP contribution in [0.4, 0.5) is 0 Å². The van der Waals surface area contributed by atoms with Crippen LogP contribution in [0.3, 0.4) is 0 Å². The van der Waals surface area contributed by atoms with Gasteiger partial charge in [-0.3, -0.25) is 9.78 Å². The van der Waals surface area contributed by atoms with E-state index in [2.05, 4.69) is 10.3 Å². The Morgan fingerprint density at radius 1 is 1.18 bits per heavy atom. The highest BCUT2D eigenvalue weighted by atomic mass is 35.5. The number of hydrogen-bond donors (Lipinski definition) is 1. The van der Waals surface area contributed by atoms with Gasteiger partial charge in [0, 0.05) is 24.0 Å². The molecule has 1 aromatic heterocycles. The fourth-order valence-corrected chi connectivity index (χ4v) is 2.72. The zero-order chi connectivity index (χ0) is 15.4. The van der Waals surface area contributed by atoms with Crippen molar-refractivity contribution in [2.45, 2.75) is 25.0 Å². The van der Waals surface area contributed by atoms with Gasteiger partial charge in [-0.25, -0.2) is 0 Å². The standard InChI is InChI=1S/C17H17ClN2O2/c18-14-5-3-12(4-6-14)16(13-7-9-19-10-8-13)20-17(21)15-2-1-11-22-15/h3-10,15-16H,1-2,11H2,(H,20,21). The Hall–Kier alpha value is -1.91. The van der Waals surface area contributed by atoms with Crippen molar-refractivity contribution in [3.63, 3.8) is 0 Å². The van der Waals surface area contributed by atoms with Gasteiger partial charge in [-0.15, -0.1) is 0 Å². The highest BCUT2D eigenvalue weighted by Gasteiger charge is 2.26. The van der Waals surface area contributed by atoms with Gasteiger partial charge in [0.15, 0.2) is 0 Å². The number of amides is 1. The lowest BCUT2D eigenvalue weighted by Gasteiger charge is -2.21. The van der Waals surface area contributed by atoms with E-state index in [1.807, 2.05) is 36.4 Å². The minimum atomic E-state index is -0.350. The number of nitrogens with one attached hydrogen (secondary N) is 1. The first-order valence-corrected chi connectivity index (χ1v) is 7.69. The molecule has 2 aromatic rings. The van der Waals surface area contributed by atoms with E-state index in [0.29, 0.717) is 11.6 Å². The highest BCUT2D eigenvalue weighted by Crippen LogP contribution is 2.24. The molecule has 2 heterocycles. The van der Waals surface area contributed by atoms with Crippen LogP contribution in [-0.4, -0.2) is 23.6 Å². The lowest BCUT2D eigenvalue weighted by atomic mass is 9.99. The lowest BCUT2D eigenvalue weighted by molar-refractivity contribution is -0.130. The third kappa shape index (κ3) is 3.46. The van der Waals surface area contributed by atoms with Crippen LogP contribution in [0.25, 0.3) is 0 Å². The molecule has 5 heteroatoms. The summed E-state index contributed by atoms with van der Waals surface area (Å²) in [5, 5.41) is 3.75. The van der Waals surface area contributed by atoms with E-state index in [4.69, 9.17) is 16.3 Å². The second-order valence-corrected chi connectivity index (χ2v) is 5.71. The normalized spacial score (nSPS) is 18.9. The van der Waals surface area contributed by atoms with Crippen LogP contribution in [0.5, 0.6) is 0 Å². The van der Waals surface area contributed by atoms with Gasteiger partial charge in [0.2, 0.25) is 5.91 Å². The second kappa shape index (κ2) is 6.90. The topological polar surface area (TPSA) is 51.2 Å². The van der Waals surface area contributed by atoms with Crippen molar-refractivity contribution in [3.8, 4) is 0 Å². The van der Waals surface area contributed by atoms with Gasteiger partial charge < -0.3 is 10.1 Å². The first kappa shape index (κ1) is 15.0. The molecule has 0 bridgehead atoms. The Balaban J connectivity index is 1.86. The van der Waals surface area contributed by atoms with Crippen LogP contribution in [0.1, 0.15) is 30.0 Å². The van der Waals surface area contributed by atoms with E-state index in [9.17, 15) is 4.79 Å². The molecule has 1 saturated heterocycles. The fraction of sp³-hybridized carbons (Fsp3) is 0.294. The molecule has 1 amide bonds. The van der Waals surface area contributed by atoms with E-state index >= 15 is 0 Å². The monoisotopic (exact) mass is 316 g/mol. The first-order valence-electron chi connectivity index (χ1n) is 7.31. The van der Waals surface area contributed by atoms with E-state index in [0.717, 1.165) is 24.0 Å². The molecule has 22 heavy (non-hydrogen) atoms. The molecule has 1 aromatic carbocycles. The van der Waals surface area contributed by atoms with E-state index < -0.39 is 0 Å². The van der Waals surface area contributed by atoms with Crippen LogP contribution in [-0.2, 0) is 9.53 Å². The van der Waals surface area contributed by atoms with Gasteiger partial charge in [-0.05, 0) is 48.2 Å². The number of ether oxygens (including phenoxy) is 1. The Bertz CT molecular complexity index is 625. The van der Waals surface area contributed by atoms with E-state index in [1.54, 1.807) is 12.4 Å². The number of rotatable bonds is 4. The van der Waals surface area contributed by atoms with Crippen molar-refractivity contribution in [2.75, 3.05) is 6.61 Å². The van der Waals surface area contributed by atoms with Crippen LogP contribution >= 0.6 is 11.6 Å². The van der Waals surface area contributed by atoms with Crippen LogP contribution in [0, 0.1) is 0 Å². The number of carbonyl (C=O) groups excluding carboxylic acids is 1. The molecule has 1 aliphatic heterocycles. The summed E-state index contributed by atoms with van der Waals surface area (Å²) in [7, 11) is 0. The Morgan fingerprint density at radius 2 is 1.86 bits per heavy atom. The summed E-state index contributed by atoms with van der Waals surface area (Å²) >= 11 is 5.95. The quantitative estimate of drug-likeness (QED) is 0.943. The maximum Gasteiger partial charge on any atom is 0.249 e. The maximum atomic E-state index is 12.4. The van der Waals surface area contributed by atoms with E-state index in [-0.39, 0.29) is 18.1 Å². The van der Waals surface area contributed by atoms with Gasteiger partial charge in [0.05, 0.1) is 6.04 Å². The van der Waals surface area contributed by atoms with Crippen LogP contribution in [0.2, 0.25) is 5.02 Å². The molecule has 1 N–H and O–H groups in total. The summed E-state index contributed by atoms with van der Waals surface area (Å²) in [6.45, 7) is 0.652. The van der Waals surface area contributed by atoms with Crippen molar-refractivity contribution in [2.24, 2.45) is 0 Å². The molecule has 0 saturated carbocycles. The molecule has 1 fully saturated rings. The zero-order valence-corrected chi connectivity index (χ0v) is 12.8. The lowest BCUT2D eigenvalue weighted by Crippen LogP contribution is -2.37. The summed E-state index contributed by atoms with van der Waals surface area (Å²) in [5.41, 5.74) is 1.95. The zero-order valence-electron chi connectivity index (χ0n) is 12.0. The fourth-order valence-electron chi connectivity index (χ4n) is 2.59. The summed E-state index contributed by atoms with van der Waals surface area (Å²) < 4.78 is 5.46. The third-order valence-corrected chi connectivity index (χ3v) is 4.00. The Morgan fingerprint density at radius 3 is 2.50 bits per heavy atom. The largest absolute Gasteiger partial charge is 0.368 e. The molecule has 0 spiro atoms. The SMILES string of the molecule is O=C(NC(c1ccncc1)c1ccc(Cl)cc1)C1CCCO1. The summed E-state index contributed by atoms with van der Waals surface area (Å²) in [4.78, 5) is 16.4. The number of hydrogen-bond acceptors (Lipinski definition) is 3. The number of halogens is 1. The number of carbonyl (C=O) groups is 1. The number of pyridine rings is 1. The minimum Gasteiger partial charge on any atom is -0.368 e. The molecule has 2 unspecified atom stereocenters. The third-order valence-electron chi connectivity index (χ3n) is 3.75. The van der Waals surface area contributed by atoms with Gasteiger partial charge in [0.25, 0.3) is 0 Å². The van der Waals surface area contributed by atoms with Gasteiger partial charge in [-0.1, -0.05) is 23.7 Å². The van der Waals surface area contributed by atoms with Crippen LogP contribution < -0.4 is 5.32 Å². The van der Waals surface area contributed by atoms with Gasteiger partial charge in [-0.2, -0.15) is 0 Å². The molecule has 0 aliphatic carbocycles. The van der Waals surface area contributed by atoms with Crippen molar-refractivity contribution < 1.29 is 9.53 Å². The predicted molar refractivity (Wildman–Crippen MR) is 84.6 cm³/mol. The molecule has 1 aliphatic rings. The molecular weight excluding hydrogens is 300 g/mol. The van der Waals surface area contributed by atoms with Crippen molar-refractivity contribution >= 4 is 17.5 Å². The number of nitrogens with zero attached hydrogens (tertiary/aromatic N) is 1. The summed E-state index contributed by atoms with van der Waals surface area (Å²) in [6.07, 6.45) is 4.79. The molecule has 3 rings (SSSR count). The first-order chi connectivity index (χ1) is 10.7. The van der Waals surface area contributed by atoms with Crippen molar-refractivity contribution in [3.05, 3.63) is 64.9 Å². The summed E-state index contributed by atoms with van der Waals surface area (Å²) in [5.74, 6) is -0.0748. The van der Waals surface area contributed by atoms with E-state index in [1.165, 1.54) is 0 Å². The molecule has 114 valence electrons. The van der Waals surface area contributed by atoms with Gasteiger partial charge >= 0.3 is 0 Å². The number of benzene rings is 1. The van der Waals surface area contributed by atoms with Gasteiger partial charge in [0.1, 0.15) is 6.10 Å². The Kier molecular flexibility index (Phi) is 4.71. The molecule has 0 radical (unpaired) electrons. The Labute approximate surface area is 134 Å². The number of aromatic nitrogens is 1. The maximum absolute atomic E-state index is 12.4. The average Bonchev–Trinajstić information content (AvgIpc) is 3.09. The molecular formula is C17H17ClN2O2. The molecule has 4 nitrogen and oxygen atoms in total. The average molecular weight is 317 g/mol. The highest BCUT2D eigenvalue weighted by molar-refractivity contribution is 6.30. The second-order valence-electron chi connectivity index (χ2n) is 5.28. The smallest absolute Gasteiger partial charge is 0.249 e. The molecule has 2 atom stereocenters. The van der Waals surface area contributed by atoms with Crippen molar-refractivity contribution in [1.29, 1.82) is 0 Å².